The Morgan fingerprint density at radius 1 is 1.16 bits per heavy atom. The van der Waals surface area contributed by atoms with Crippen LogP contribution in [0.25, 0.3) is 0 Å². The van der Waals surface area contributed by atoms with Crippen molar-refractivity contribution in [3.05, 3.63) is 0 Å². The Kier molecular flexibility index (Phi) is 6.12. The SMILES string of the molecule is CCCCOC(=O)C1(C)CCN(C(=O)OCC)CC1. The van der Waals surface area contributed by atoms with Crippen LogP contribution in [0.3, 0.4) is 0 Å². The molecule has 1 aliphatic heterocycles. The summed E-state index contributed by atoms with van der Waals surface area (Å²) in [6.45, 7) is 7.75. The molecule has 1 aliphatic rings. The van der Waals surface area contributed by atoms with Gasteiger partial charge in [0.1, 0.15) is 0 Å². The van der Waals surface area contributed by atoms with Gasteiger partial charge in [0.05, 0.1) is 18.6 Å². The van der Waals surface area contributed by atoms with E-state index in [0.717, 1.165) is 12.8 Å². The highest BCUT2D eigenvalue weighted by Crippen LogP contribution is 2.32. The summed E-state index contributed by atoms with van der Waals surface area (Å²) < 4.78 is 10.3. The van der Waals surface area contributed by atoms with Crippen molar-refractivity contribution in [2.45, 2.75) is 46.5 Å². The van der Waals surface area contributed by atoms with Crippen LogP contribution in [0.15, 0.2) is 0 Å². The summed E-state index contributed by atoms with van der Waals surface area (Å²) in [5, 5.41) is 0. The van der Waals surface area contributed by atoms with Gasteiger partial charge >= 0.3 is 12.1 Å². The monoisotopic (exact) mass is 271 g/mol. The van der Waals surface area contributed by atoms with E-state index in [1.165, 1.54) is 0 Å². The normalized spacial score (nSPS) is 17.9. The molecule has 0 aromatic carbocycles. The van der Waals surface area contributed by atoms with Crippen LogP contribution in [0.1, 0.15) is 46.5 Å². The highest BCUT2D eigenvalue weighted by molar-refractivity contribution is 5.77. The number of carbonyl (C=O) groups is 2. The van der Waals surface area contributed by atoms with Gasteiger partial charge in [-0.1, -0.05) is 13.3 Å². The smallest absolute Gasteiger partial charge is 0.409 e. The van der Waals surface area contributed by atoms with E-state index in [4.69, 9.17) is 9.47 Å². The third-order valence-corrected chi connectivity index (χ3v) is 3.62. The summed E-state index contributed by atoms with van der Waals surface area (Å²) >= 11 is 0. The summed E-state index contributed by atoms with van der Waals surface area (Å²) in [7, 11) is 0. The number of hydrogen-bond donors (Lipinski definition) is 0. The van der Waals surface area contributed by atoms with Gasteiger partial charge in [-0.15, -0.1) is 0 Å². The topological polar surface area (TPSA) is 55.8 Å². The van der Waals surface area contributed by atoms with Gasteiger partial charge in [-0.05, 0) is 33.1 Å². The van der Waals surface area contributed by atoms with E-state index >= 15 is 0 Å². The molecule has 1 saturated heterocycles. The van der Waals surface area contributed by atoms with Gasteiger partial charge < -0.3 is 14.4 Å². The fourth-order valence-electron chi connectivity index (χ4n) is 2.09. The Bertz CT molecular complexity index is 309. The van der Waals surface area contributed by atoms with Crippen LogP contribution in [-0.2, 0) is 14.3 Å². The molecule has 0 N–H and O–H groups in total. The van der Waals surface area contributed by atoms with Crippen molar-refractivity contribution in [1.29, 1.82) is 0 Å². The van der Waals surface area contributed by atoms with Crippen LogP contribution in [0.5, 0.6) is 0 Å². The number of esters is 1. The lowest BCUT2D eigenvalue weighted by atomic mass is 9.80. The summed E-state index contributed by atoms with van der Waals surface area (Å²) in [5.74, 6) is -0.135. The van der Waals surface area contributed by atoms with Crippen LogP contribution in [0.4, 0.5) is 4.79 Å². The average Bonchev–Trinajstić information content (AvgIpc) is 2.40. The summed E-state index contributed by atoms with van der Waals surface area (Å²) in [4.78, 5) is 25.3. The number of amides is 1. The summed E-state index contributed by atoms with van der Waals surface area (Å²) in [6, 6.07) is 0. The molecule has 0 radical (unpaired) electrons. The largest absolute Gasteiger partial charge is 0.465 e. The lowest BCUT2D eigenvalue weighted by molar-refractivity contribution is -0.157. The first-order valence-electron chi connectivity index (χ1n) is 7.12. The van der Waals surface area contributed by atoms with E-state index in [0.29, 0.717) is 39.1 Å². The maximum atomic E-state index is 12.0. The minimum atomic E-state index is -0.462. The zero-order valence-corrected chi connectivity index (χ0v) is 12.2. The number of nitrogens with zero attached hydrogens (tertiary/aromatic N) is 1. The number of carbonyl (C=O) groups excluding carboxylic acids is 2. The maximum absolute atomic E-state index is 12.0. The van der Waals surface area contributed by atoms with Crippen molar-refractivity contribution in [2.24, 2.45) is 5.41 Å². The molecule has 0 saturated carbocycles. The van der Waals surface area contributed by atoms with Gasteiger partial charge in [0, 0.05) is 13.1 Å². The molecule has 0 spiro atoms. The van der Waals surface area contributed by atoms with Crippen LogP contribution < -0.4 is 0 Å². The van der Waals surface area contributed by atoms with E-state index < -0.39 is 5.41 Å². The highest BCUT2D eigenvalue weighted by Gasteiger charge is 2.39. The predicted molar refractivity (Wildman–Crippen MR) is 71.8 cm³/mol. The van der Waals surface area contributed by atoms with Crippen molar-refractivity contribution in [3.63, 3.8) is 0 Å². The molecule has 19 heavy (non-hydrogen) atoms. The van der Waals surface area contributed by atoms with Crippen molar-refractivity contribution in [3.8, 4) is 0 Å². The zero-order valence-electron chi connectivity index (χ0n) is 12.2. The molecule has 1 heterocycles. The fourth-order valence-corrected chi connectivity index (χ4v) is 2.09. The molecule has 1 amide bonds. The molecule has 5 nitrogen and oxygen atoms in total. The molecule has 0 aliphatic carbocycles. The van der Waals surface area contributed by atoms with Crippen molar-refractivity contribution in [1.82, 2.24) is 4.90 Å². The maximum Gasteiger partial charge on any atom is 0.409 e. The Morgan fingerprint density at radius 3 is 2.32 bits per heavy atom. The summed E-state index contributed by atoms with van der Waals surface area (Å²) in [5.41, 5.74) is -0.462. The second-order valence-electron chi connectivity index (χ2n) is 5.24. The van der Waals surface area contributed by atoms with Gasteiger partial charge in [-0.25, -0.2) is 4.79 Å². The molecule has 0 aromatic rings. The molecule has 1 rings (SSSR count). The lowest BCUT2D eigenvalue weighted by Crippen LogP contribution is -2.46. The van der Waals surface area contributed by atoms with E-state index in [1.807, 2.05) is 6.92 Å². The number of likely N-dealkylation sites (tertiary alicyclic amines) is 1. The van der Waals surface area contributed by atoms with Crippen molar-refractivity contribution < 1.29 is 19.1 Å². The van der Waals surface area contributed by atoms with Gasteiger partial charge in [0.25, 0.3) is 0 Å². The minimum Gasteiger partial charge on any atom is -0.465 e. The van der Waals surface area contributed by atoms with E-state index in [1.54, 1.807) is 11.8 Å². The Morgan fingerprint density at radius 2 is 1.79 bits per heavy atom. The molecule has 5 heteroatoms. The first kappa shape index (κ1) is 15.8. The number of rotatable bonds is 5. The third kappa shape index (κ3) is 4.40. The molecule has 0 bridgehead atoms. The highest BCUT2D eigenvalue weighted by atomic mass is 16.6. The average molecular weight is 271 g/mol. The molecule has 1 fully saturated rings. The van der Waals surface area contributed by atoms with Crippen LogP contribution in [-0.4, -0.2) is 43.3 Å². The zero-order chi connectivity index (χ0) is 14.3. The van der Waals surface area contributed by atoms with E-state index in [-0.39, 0.29) is 12.1 Å². The lowest BCUT2D eigenvalue weighted by Gasteiger charge is -2.36. The minimum absolute atomic E-state index is 0.135. The van der Waals surface area contributed by atoms with Gasteiger partial charge in [-0.3, -0.25) is 4.79 Å². The second-order valence-corrected chi connectivity index (χ2v) is 5.24. The van der Waals surface area contributed by atoms with Crippen molar-refractivity contribution >= 4 is 12.1 Å². The molecule has 0 unspecified atom stereocenters. The summed E-state index contributed by atoms with van der Waals surface area (Å²) in [6.07, 6.45) is 2.90. The van der Waals surface area contributed by atoms with Gasteiger partial charge in [-0.2, -0.15) is 0 Å². The van der Waals surface area contributed by atoms with E-state index in [2.05, 4.69) is 6.92 Å². The number of piperidine rings is 1. The number of unbranched alkanes of at least 4 members (excludes halogenated alkanes) is 1. The molecule has 0 aromatic heterocycles. The Balaban J connectivity index is 2.42. The third-order valence-electron chi connectivity index (χ3n) is 3.62. The fraction of sp³-hybridized carbons (Fsp3) is 0.857. The van der Waals surface area contributed by atoms with Gasteiger partial charge in [0.15, 0.2) is 0 Å². The molecule has 110 valence electrons. The molecular formula is C14H25NO4. The first-order chi connectivity index (χ1) is 9.03. The first-order valence-corrected chi connectivity index (χ1v) is 7.12. The Labute approximate surface area is 115 Å². The number of ether oxygens (including phenoxy) is 2. The van der Waals surface area contributed by atoms with Gasteiger partial charge in [0.2, 0.25) is 0 Å². The molecular weight excluding hydrogens is 246 g/mol. The Hall–Kier alpha value is -1.26. The van der Waals surface area contributed by atoms with Crippen molar-refractivity contribution in [2.75, 3.05) is 26.3 Å². The standard InChI is InChI=1S/C14H25NO4/c1-4-6-11-19-12(16)14(3)7-9-15(10-8-14)13(17)18-5-2/h4-11H2,1-3H3. The second kappa shape index (κ2) is 7.36. The predicted octanol–water partition coefficient (Wildman–Crippen LogP) is 2.59. The van der Waals surface area contributed by atoms with Crippen LogP contribution in [0.2, 0.25) is 0 Å². The molecule has 0 atom stereocenters. The van der Waals surface area contributed by atoms with Crippen LogP contribution >= 0.6 is 0 Å². The quantitative estimate of drug-likeness (QED) is 0.569. The number of hydrogen-bond acceptors (Lipinski definition) is 4. The van der Waals surface area contributed by atoms with E-state index in [9.17, 15) is 9.59 Å². The van der Waals surface area contributed by atoms with Crippen LogP contribution in [0, 0.1) is 5.41 Å².